The molecule has 0 fully saturated rings. The van der Waals surface area contributed by atoms with E-state index in [0.717, 1.165) is 6.54 Å². The summed E-state index contributed by atoms with van der Waals surface area (Å²) >= 11 is 0. The highest BCUT2D eigenvalue weighted by Gasteiger charge is 2.17. The second kappa shape index (κ2) is 24.2. The number of hydrogen-bond donors (Lipinski definition) is 0. The van der Waals surface area contributed by atoms with E-state index < -0.39 is 0 Å². The maximum absolute atomic E-state index is 2.57. The number of nitrogens with zero attached hydrogens (tertiary/aromatic N) is 2. The minimum atomic E-state index is 0.999. The van der Waals surface area contributed by atoms with E-state index in [9.17, 15) is 0 Å². The largest absolute Gasteiger partial charge is 0.256 e. The summed E-state index contributed by atoms with van der Waals surface area (Å²) in [6, 6.07) is 11.0. The molecule has 2 aromatic rings. The van der Waals surface area contributed by atoms with Gasteiger partial charge in [-0.2, -0.15) is 0 Å². The van der Waals surface area contributed by atoms with Gasteiger partial charge >= 0.3 is 0 Å². The lowest BCUT2D eigenvalue weighted by molar-refractivity contribution is -0.695. The average molecular weight is 538 g/mol. The molecule has 0 aliphatic carbocycles. The maximum atomic E-state index is 2.57. The molecule has 0 amide bonds. The van der Waals surface area contributed by atoms with Gasteiger partial charge in [0.25, 0.3) is 5.82 Å². The molecule has 2 nitrogen and oxygen atoms in total. The van der Waals surface area contributed by atoms with Crippen LogP contribution in [0.5, 0.6) is 0 Å². The van der Waals surface area contributed by atoms with Gasteiger partial charge in [0.15, 0.2) is 0 Å². The van der Waals surface area contributed by atoms with E-state index >= 15 is 0 Å². The maximum Gasteiger partial charge on any atom is 0.256 e. The highest BCUT2D eigenvalue weighted by molar-refractivity contribution is 5.13. The first-order valence-corrected chi connectivity index (χ1v) is 17.5. The minimum Gasteiger partial charge on any atom is -0.234 e. The Kier molecular flexibility index (Phi) is 20.9. The van der Waals surface area contributed by atoms with Gasteiger partial charge in [0.05, 0.1) is 6.54 Å². The standard InChI is InChI=1S/C37H65N2/c1-3-5-7-9-11-13-14-15-16-17-18-19-20-22-27-31-37-38(32-28-23-21-12-10-8-6-4-2)33-34-39(37)35-36-29-25-24-26-30-36/h24-26,29-30,33-34H,3-23,27-28,31-32,35H2,1-2H3/q+1. The van der Waals surface area contributed by atoms with E-state index in [1.807, 2.05) is 0 Å². The Labute approximate surface area is 244 Å². The fraction of sp³-hybridized carbons (Fsp3) is 0.757. The molecule has 0 saturated heterocycles. The monoisotopic (exact) mass is 538 g/mol. The van der Waals surface area contributed by atoms with Gasteiger partial charge in [-0.05, 0) is 24.8 Å². The number of benzene rings is 1. The van der Waals surface area contributed by atoms with Gasteiger partial charge in [0.2, 0.25) is 0 Å². The Bertz CT molecular complexity index is 778. The summed E-state index contributed by atoms with van der Waals surface area (Å²) in [4.78, 5) is 0. The van der Waals surface area contributed by atoms with Crippen LogP contribution in [0.1, 0.15) is 173 Å². The van der Waals surface area contributed by atoms with Crippen molar-refractivity contribution in [1.82, 2.24) is 4.57 Å². The number of aromatic nitrogens is 2. The van der Waals surface area contributed by atoms with Crippen molar-refractivity contribution in [3.05, 3.63) is 54.1 Å². The molecular formula is C37H65N2+. The molecule has 0 saturated carbocycles. The van der Waals surface area contributed by atoms with Crippen molar-refractivity contribution in [3.8, 4) is 0 Å². The second-order valence-electron chi connectivity index (χ2n) is 12.2. The summed E-state index contributed by atoms with van der Waals surface area (Å²) in [5.41, 5.74) is 1.41. The normalized spacial score (nSPS) is 11.4. The van der Waals surface area contributed by atoms with Crippen LogP contribution in [-0.2, 0) is 19.5 Å². The van der Waals surface area contributed by atoms with Crippen molar-refractivity contribution in [1.29, 1.82) is 0 Å². The van der Waals surface area contributed by atoms with Gasteiger partial charge in [0, 0.05) is 6.42 Å². The van der Waals surface area contributed by atoms with E-state index in [0.29, 0.717) is 0 Å². The minimum absolute atomic E-state index is 0.999. The molecule has 222 valence electrons. The number of unbranched alkanes of at least 4 members (excludes halogenated alkanes) is 21. The highest BCUT2D eigenvalue weighted by Crippen LogP contribution is 2.15. The first-order valence-electron chi connectivity index (χ1n) is 17.5. The summed E-state index contributed by atoms with van der Waals surface area (Å²) in [6.45, 7) is 6.79. The smallest absolute Gasteiger partial charge is 0.234 e. The Morgan fingerprint density at radius 2 is 0.949 bits per heavy atom. The molecule has 0 atom stereocenters. The van der Waals surface area contributed by atoms with E-state index in [1.54, 1.807) is 0 Å². The molecule has 0 spiro atoms. The Morgan fingerprint density at radius 3 is 1.44 bits per heavy atom. The third-order valence-electron chi connectivity index (χ3n) is 8.54. The predicted molar refractivity (Wildman–Crippen MR) is 171 cm³/mol. The average Bonchev–Trinajstić information content (AvgIpc) is 3.33. The molecule has 0 unspecified atom stereocenters. The van der Waals surface area contributed by atoms with Crippen molar-refractivity contribution in [3.63, 3.8) is 0 Å². The summed E-state index contributed by atoms with van der Waals surface area (Å²) in [5.74, 6) is 1.54. The van der Waals surface area contributed by atoms with Gasteiger partial charge < -0.3 is 0 Å². The number of imidazole rings is 1. The summed E-state index contributed by atoms with van der Waals surface area (Å²) in [6.07, 6.45) is 38.5. The quantitative estimate of drug-likeness (QED) is 0.0791. The van der Waals surface area contributed by atoms with Crippen LogP contribution >= 0.6 is 0 Å². The Morgan fingerprint density at radius 1 is 0.513 bits per heavy atom. The predicted octanol–water partition coefficient (Wildman–Crippen LogP) is 11.4. The van der Waals surface area contributed by atoms with Crippen LogP contribution in [0.15, 0.2) is 42.7 Å². The fourth-order valence-corrected chi connectivity index (χ4v) is 5.98. The lowest BCUT2D eigenvalue weighted by Gasteiger charge is -2.07. The topological polar surface area (TPSA) is 8.81 Å². The van der Waals surface area contributed by atoms with Crippen molar-refractivity contribution in [2.75, 3.05) is 0 Å². The SMILES string of the molecule is CCCCCCCCCCCCCCCCCc1n(CCCCCCCCCC)cc[n+]1Cc1ccccc1. The molecule has 0 bridgehead atoms. The zero-order valence-electron chi connectivity index (χ0n) is 26.3. The molecule has 0 N–H and O–H groups in total. The zero-order valence-corrected chi connectivity index (χ0v) is 26.3. The third kappa shape index (κ3) is 17.0. The van der Waals surface area contributed by atoms with Crippen LogP contribution in [0.25, 0.3) is 0 Å². The third-order valence-corrected chi connectivity index (χ3v) is 8.54. The van der Waals surface area contributed by atoms with Crippen molar-refractivity contribution in [2.45, 2.75) is 181 Å². The molecule has 1 aromatic heterocycles. The van der Waals surface area contributed by atoms with Crippen LogP contribution in [0.3, 0.4) is 0 Å². The van der Waals surface area contributed by atoms with Crippen LogP contribution in [0, 0.1) is 0 Å². The van der Waals surface area contributed by atoms with Gasteiger partial charge in [-0.15, -0.1) is 0 Å². The van der Waals surface area contributed by atoms with E-state index in [-0.39, 0.29) is 0 Å². The van der Waals surface area contributed by atoms with Gasteiger partial charge in [0.1, 0.15) is 18.9 Å². The number of rotatable bonds is 27. The van der Waals surface area contributed by atoms with Crippen molar-refractivity contribution >= 4 is 0 Å². The molecular weight excluding hydrogens is 472 g/mol. The van der Waals surface area contributed by atoms with Gasteiger partial charge in [-0.1, -0.05) is 173 Å². The number of hydrogen-bond acceptors (Lipinski definition) is 0. The van der Waals surface area contributed by atoms with Crippen molar-refractivity contribution < 1.29 is 4.57 Å². The zero-order chi connectivity index (χ0) is 27.6. The lowest BCUT2D eigenvalue weighted by atomic mass is 10.0. The van der Waals surface area contributed by atoms with Crippen LogP contribution in [0.2, 0.25) is 0 Å². The van der Waals surface area contributed by atoms with Crippen LogP contribution in [-0.4, -0.2) is 4.57 Å². The first kappa shape index (κ1) is 33.6. The van der Waals surface area contributed by atoms with Gasteiger partial charge in [-0.25, -0.2) is 9.13 Å². The van der Waals surface area contributed by atoms with Crippen molar-refractivity contribution in [2.24, 2.45) is 0 Å². The van der Waals surface area contributed by atoms with Crippen LogP contribution in [0.4, 0.5) is 0 Å². The van der Waals surface area contributed by atoms with Crippen LogP contribution < -0.4 is 4.57 Å². The molecule has 2 rings (SSSR count). The lowest BCUT2D eigenvalue weighted by Crippen LogP contribution is -2.37. The summed E-state index contributed by atoms with van der Waals surface area (Å²) in [7, 11) is 0. The molecule has 0 radical (unpaired) electrons. The highest BCUT2D eigenvalue weighted by atomic mass is 15.1. The second-order valence-corrected chi connectivity index (χ2v) is 12.2. The first-order chi connectivity index (χ1) is 19.3. The van der Waals surface area contributed by atoms with Gasteiger partial charge in [-0.3, -0.25) is 0 Å². The Balaban J connectivity index is 1.62. The molecule has 0 aliphatic rings. The Hall–Kier alpha value is -1.57. The molecule has 2 heteroatoms. The molecule has 39 heavy (non-hydrogen) atoms. The van der Waals surface area contributed by atoms with E-state index in [1.165, 1.54) is 172 Å². The van der Waals surface area contributed by atoms with E-state index in [2.05, 4.69) is 65.7 Å². The molecule has 1 aromatic carbocycles. The van der Waals surface area contributed by atoms with E-state index in [4.69, 9.17) is 0 Å². The molecule has 1 heterocycles. The number of aryl methyl sites for hydroxylation is 1. The summed E-state index contributed by atoms with van der Waals surface area (Å²) in [5, 5.41) is 0. The summed E-state index contributed by atoms with van der Waals surface area (Å²) < 4.78 is 5.09. The molecule has 0 aliphatic heterocycles. The fourth-order valence-electron chi connectivity index (χ4n) is 5.98.